The summed E-state index contributed by atoms with van der Waals surface area (Å²) in [7, 11) is 2.49. The second-order valence-electron chi connectivity index (χ2n) is 18.3. The number of carbonyl (C=O) groups excluding carboxylic acids is 4. The molecule has 0 radical (unpaired) electrons. The third kappa shape index (κ3) is 7.51. The van der Waals surface area contributed by atoms with Crippen LogP contribution in [0.1, 0.15) is 88.2 Å². The molecule has 4 heterocycles. The van der Waals surface area contributed by atoms with Crippen LogP contribution in [0.5, 0.6) is 0 Å². The SMILES string of the molecule is COC(=O)NC(C(=O)N1C[C@@H](C#N)C[C@H]1c1ncc(-c2ccc3c(c2)C(F)(F)c2cc(-c4ccc5nc([C@@H]6[C@H]7CC[C@H](C7)N6C(=O)[C@@H](NC(=O)OC)C(C)C)[nH]c5c4)ccc2-3)[nH]1)C(C)C. The summed E-state index contributed by atoms with van der Waals surface area (Å²) in [6.07, 6.45) is 3.13. The van der Waals surface area contributed by atoms with Gasteiger partial charge in [0.1, 0.15) is 23.7 Å². The molecule has 5 aromatic rings. The highest BCUT2D eigenvalue weighted by atomic mass is 19.3. The van der Waals surface area contributed by atoms with Crippen LogP contribution in [-0.2, 0) is 25.0 Å². The number of alkyl carbamates (subject to hydrolysis) is 2. The molecule has 2 aromatic heterocycles. The van der Waals surface area contributed by atoms with Gasteiger partial charge in [-0.3, -0.25) is 9.59 Å². The van der Waals surface area contributed by atoms with Gasteiger partial charge in [-0.25, -0.2) is 19.6 Å². The number of carbonyl (C=O) groups is 4. The number of imidazole rings is 2. The number of ether oxygens (including phenoxy) is 2. The lowest BCUT2D eigenvalue weighted by Gasteiger charge is -2.37. The zero-order valence-corrected chi connectivity index (χ0v) is 36.9. The molecule has 4 N–H and O–H groups in total. The van der Waals surface area contributed by atoms with Gasteiger partial charge in [0.2, 0.25) is 11.8 Å². The molecule has 338 valence electrons. The van der Waals surface area contributed by atoms with E-state index in [0.717, 1.165) is 24.8 Å². The summed E-state index contributed by atoms with van der Waals surface area (Å²) in [6, 6.07) is 15.3. The van der Waals surface area contributed by atoms with Gasteiger partial charge in [0.25, 0.3) is 5.92 Å². The maximum atomic E-state index is 16.6. The van der Waals surface area contributed by atoms with Crippen molar-refractivity contribution in [3.05, 3.63) is 83.6 Å². The van der Waals surface area contributed by atoms with E-state index < -0.39 is 42.2 Å². The van der Waals surface area contributed by atoms with Crippen molar-refractivity contribution in [2.45, 2.75) is 89.5 Å². The highest BCUT2D eigenvalue weighted by molar-refractivity contribution is 5.89. The Morgan fingerprint density at radius 1 is 0.815 bits per heavy atom. The van der Waals surface area contributed by atoms with Crippen LogP contribution in [0.15, 0.2) is 60.8 Å². The molecule has 0 spiro atoms. The van der Waals surface area contributed by atoms with E-state index in [1.165, 1.54) is 31.3 Å². The smallest absolute Gasteiger partial charge is 0.407 e. The number of nitriles is 1. The maximum Gasteiger partial charge on any atom is 0.407 e. The summed E-state index contributed by atoms with van der Waals surface area (Å²) in [6.45, 7) is 7.51. The quantitative estimate of drug-likeness (QED) is 0.107. The van der Waals surface area contributed by atoms with Crippen molar-refractivity contribution in [3.63, 3.8) is 0 Å². The third-order valence-corrected chi connectivity index (χ3v) is 13.7. The summed E-state index contributed by atoms with van der Waals surface area (Å²) < 4.78 is 42.8. The van der Waals surface area contributed by atoms with Crippen LogP contribution in [0.3, 0.4) is 0 Å². The molecular formula is C48H51F2N9O6. The monoisotopic (exact) mass is 887 g/mol. The Balaban J connectivity index is 0.961. The highest BCUT2D eigenvalue weighted by Crippen LogP contribution is 2.53. The number of hydrogen-bond acceptors (Lipinski definition) is 9. The molecule has 4 amide bonds. The van der Waals surface area contributed by atoms with Crippen LogP contribution in [0, 0.1) is 35.0 Å². The van der Waals surface area contributed by atoms with E-state index in [4.69, 9.17) is 14.5 Å². The first-order valence-corrected chi connectivity index (χ1v) is 22.1. The lowest BCUT2D eigenvalue weighted by molar-refractivity contribution is -0.139. The number of aromatic nitrogens is 4. The van der Waals surface area contributed by atoms with E-state index in [9.17, 15) is 24.4 Å². The van der Waals surface area contributed by atoms with E-state index in [2.05, 4.69) is 31.7 Å². The second kappa shape index (κ2) is 16.6. The second-order valence-corrected chi connectivity index (χ2v) is 18.3. The van der Waals surface area contributed by atoms with Gasteiger partial charge in [-0.05, 0) is 90.0 Å². The van der Waals surface area contributed by atoms with Crippen LogP contribution in [0.25, 0.3) is 44.5 Å². The molecule has 1 unspecified atom stereocenters. The minimum Gasteiger partial charge on any atom is -0.453 e. The maximum absolute atomic E-state index is 16.6. The predicted molar refractivity (Wildman–Crippen MR) is 235 cm³/mol. The van der Waals surface area contributed by atoms with Crippen molar-refractivity contribution in [2.24, 2.45) is 23.7 Å². The Bertz CT molecular complexity index is 2760. The number of benzene rings is 3. The van der Waals surface area contributed by atoms with Crippen molar-refractivity contribution in [1.82, 2.24) is 40.4 Å². The summed E-state index contributed by atoms with van der Waals surface area (Å²) >= 11 is 0. The Morgan fingerprint density at radius 2 is 1.43 bits per heavy atom. The van der Waals surface area contributed by atoms with Gasteiger partial charge >= 0.3 is 12.2 Å². The fraction of sp³-hybridized carbons (Fsp3) is 0.438. The number of rotatable bonds is 10. The lowest BCUT2D eigenvalue weighted by atomic mass is 9.95. The van der Waals surface area contributed by atoms with Gasteiger partial charge in [-0.2, -0.15) is 14.0 Å². The number of halogens is 2. The van der Waals surface area contributed by atoms with Gasteiger partial charge in [0, 0.05) is 29.3 Å². The largest absolute Gasteiger partial charge is 0.453 e. The fourth-order valence-corrected chi connectivity index (χ4v) is 10.4. The molecule has 9 rings (SSSR count). The first kappa shape index (κ1) is 43.4. The first-order chi connectivity index (χ1) is 31.1. The number of hydrogen-bond donors (Lipinski definition) is 4. The molecule has 7 atom stereocenters. The van der Waals surface area contributed by atoms with E-state index >= 15 is 8.78 Å². The number of nitrogens with one attached hydrogen (secondary N) is 4. The van der Waals surface area contributed by atoms with Crippen molar-refractivity contribution in [2.75, 3.05) is 20.8 Å². The Morgan fingerprint density at radius 3 is 2.08 bits per heavy atom. The van der Waals surface area contributed by atoms with Crippen molar-refractivity contribution < 1.29 is 37.4 Å². The number of fused-ring (bicyclic) bond motifs is 6. The molecule has 4 aliphatic rings. The molecule has 17 heteroatoms. The average molecular weight is 888 g/mol. The third-order valence-electron chi connectivity index (χ3n) is 13.7. The van der Waals surface area contributed by atoms with Crippen LogP contribution < -0.4 is 10.6 Å². The Kier molecular flexibility index (Phi) is 11.1. The molecule has 2 bridgehead atoms. The Labute approximate surface area is 374 Å². The van der Waals surface area contributed by atoms with Crippen molar-refractivity contribution in [1.29, 1.82) is 5.26 Å². The number of methoxy groups -OCH3 is 2. The average Bonchev–Trinajstić information content (AvgIpc) is 4.17. The normalized spacial score (nSPS) is 22.4. The summed E-state index contributed by atoms with van der Waals surface area (Å²) in [5.74, 6) is -3.52. The minimum atomic E-state index is -3.33. The number of aromatic amines is 2. The van der Waals surface area contributed by atoms with E-state index in [0.29, 0.717) is 57.1 Å². The number of alkyl halides is 2. The van der Waals surface area contributed by atoms with Crippen LogP contribution in [-0.4, -0.2) is 92.6 Å². The van der Waals surface area contributed by atoms with Crippen LogP contribution in [0.2, 0.25) is 0 Å². The summed E-state index contributed by atoms with van der Waals surface area (Å²) in [4.78, 5) is 71.8. The number of piperidine rings is 1. The van der Waals surface area contributed by atoms with Crippen LogP contribution >= 0.6 is 0 Å². The number of nitrogens with zero attached hydrogens (tertiary/aromatic N) is 5. The van der Waals surface area contributed by atoms with Crippen LogP contribution in [0.4, 0.5) is 18.4 Å². The van der Waals surface area contributed by atoms with Gasteiger partial charge in [0.15, 0.2) is 0 Å². The minimum absolute atomic E-state index is 0.0347. The molecule has 3 aromatic carbocycles. The molecule has 1 saturated carbocycles. The summed E-state index contributed by atoms with van der Waals surface area (Å²) in [5.41, 5.74) is 4.26. The molecule has 2 saturated heterocycles. The highest BCUT2D eigenvalue weighted by Gasteiger charge is 2.52. The predicted octanol–water partition coefficient (Wildman–Crippen LogP) is 7.97. The fourth-order valence-electron chi connectivity index (χ4n) is 10.4. The number of likely N-dealkylation sites (tertiary alicyclic amines) is 2. The van der Waals surface area contributed by atoms with Gasteiger partial charge in [-0.1, -0.05) is 58.0 Å². The topological polar surface area (TPSA) is 198 Å². The van der Waals surface area contributed by atoms with E-state index in [1.807, 2.05) is 43.0 Å². The van der Waals surface area contributed by atoms with E-state index in [1.54, 1.807) is 38.2 Å². The first-order valence-electron chi connectivity index (χ1n) is 22.1. The zero-order valence-electron chi connectivity index (χ0n) is 36.9. The molecule has 65 heavy (non-hydrogen) atoms. The van der Waals surface area contributed by atoms with Crippen molar-refractivity contribution >= 4 is 35.0 Å². The molecule has 2 aliphatic carbocycles. The molecule has 2 aliphatic heterocycles. The lowest BCUT2D eigenvalue weighted by Crippen LogP contribution is -2.54. The standard InChI is InChI=1S/C48H51F2N9O6/c1-23(2)39(56-46(62)64-5)44(60)58-22-25(20-51)15-38(58)42-52-21-37(55-42)28-9-13-32-31-12-8-26(17-33(31)48(49,50)34(32)18-28)27-10-14-35-36(19-27)54-43(53-35)41-29-7-11-30(16-29)59(41)45(61)40(24(3)4)57-47(63)65-6/h8-10,12-14,17-19,21,23-25,29-30,38-41H,7,11,15-16,22H2,1-6H3,(H,52,55)(H,53,54)(H,56,62)(H,57,63)/t25-,29+,30-,38+,39?,40+,41+/m1/s1. The van der Waals surface area contributed by atoms with Crippen molar-refractivity contribution in [3.8, 4) is 39.6 Å². The Hall–Kier alpha value is -6.83. The number of H-pyrrole nitrogens is 2. The molecule has 3 fully saturated rings. The molecule has 15 nitrogen and oxygen atoms in total. The number of amides is 4. The van der Waals surface area contributed by atoms with E-state index in [-0.39, 0.29) is 59.3 Å². The van der Waals surface area contributed by atoms with Gasteiger partial charge in [-0.15, -0.1) is 0 Å². The molecular weight excluding hydrogens is 837 g/mol. The van der Waals surface area contributed by atoms with Gasteiger partial charge < -0.3 is 39.9 Å². The van der Waals surface area contributed by atoms with Gasteiger partial charge in [0.05, 0.1) is 61.2 Å². The zero-order chi connectivity index (χ0) is 46.1. The summed E-state index contributed by atoms with van der Waals surface area (Å²) in [5, 5.41) is 15.1.